The lowest BCUT2D eigenvalue weighted by Crippen LogP contribution is -2.32. The number of nitrogens with one attached hydrogen (secondary N) is 2. The van der Waals surface area contributed by atoms with E-state index in [9.17, 15) is 4.79 Å². The summed E-state index contributed by atoms with van der Waals surface area (Å²) in [6.45, 7) is 0.914. The number of carbonyl (C=O) groups excluding carboxylic acids is 1. The quantitative estimate of drug-likeness (QED) is 0.591. The minimum Gasteiger partial charge on any atom is -0.310 e. The van der Waals surface area contributed by atoms with Gasteiger partial charge in [0.25, 0.3) is 0 Å². The number of hydrogen-bond donors (Lipinski definition) is 2. The Bertz CT molecular complexity index is 887. The van der Waals surface area contributed by atoms with E-state index in [4.69, 9.17) is 11.6 Å². The Morgan fingerprint density at radius 1 is 1.26 bits per heavy atom. The highest BCUT2D eigenvalue weighted by atomic mass is 35.5. The number of thiophene rings is 1. The van der Waals surface area contributed by atoms with Crippen LogP contribution in [0.25, 0.3) is 0 Å². The highest BCUT2D eigenvalue weighted by molar-refractivity contribution is 7.09. The maximum atomic E-state index is 12.5. The zero-order valence-electron chi connectivity index (χ0n) is 14.8. The van der Waals surface area contributed by atoms with Gasteiger partial charge in [0.05, 0.1) is 19.3 Å². The van der Waals surface area contributed by atoms with Crippen molar-refractivity contribution in [3.05, 3.63) is 69.5 Å². The number of amides is 1. The van der Waals surface area contributed by atoms with Crippen LogP contribution in [0.2, 0.25) is 5.02 Å². The summed E-state index contributed by atoms with van der Waals surface area (Å²) in [5, 5.41) is 13.4. The SMILES string of the molecule is O=C(CNC(c1ccc(Cl)cc1)C1CC1)Nc1ccnn1Cc1cccs1. The minimum absolute atomic E-state index is 0.0671. The molecule has 4 rings (SSSR count). The lowest BCUT2D eigenvalue weighted by atomic mass is 10.0. The molecule has 0 aliphatic heterocycles. The lowest BCUT2D eigenvalue weighted by molar-refractivity contribution is -0.115. The average molecular weight is 401 g/mol. The summed E-state index contributed by atoms with van der Waals surface area (Å²) in [5.74, 6) is 1.23. The van der Waals surface area contributed by atoms with Crippen molar-refractivity contribution in [2.24, 2.45) is 5.92 Å². The van der Waals surface area contributed by atoms with Crippen molar-refractivity contribution in [2.75, 3.05) is 11.9 Å². The molecule has 0 spiro atoms. The topological polar surface area (TPSA) is 59.0 Å². The molecule has 1 aliphatic carbocycles. The van der Waals surface area contributed by atoms with Crippen molar-refractivity contribution in [3.63, 3.8) is 0 Å². The van der Waals surface area contributed by atoms with E-state index < -0.39 is 0 Å². The van der Waals surface area contributed by atoms with Crippen LogP contribution in [-0.2, 0) is 11.3 Å². The fourth-order valence-corrected chi connectivity index (χ4v) is 3.97. The Balaban J connectivity index is 1.35. The van der Waals surface area contributed by atoms with E-state index in [1.807, 2.05) is 41.8 Å². The van der Waals surface area contributed by atoms with Crippen LogP contribution in [0.3, 0.4) is 0 Å². The van der Waals surface area contributed by atoms with Gasteiger partial charge in [-0.05, 0) is 47.9 Å². The minimum atomic E-state index is -0.0671. The Labute approximate surface area is 167 Å². The number of carbonyl (C=O) groups is 1. The number of hydrogen-bond acceptors (Lipinski definition) is 4. The van der Waals surface area contributed by atoms with E-state index in [-0.39, 0.29) is 18.5 Å². The summed E-state index contributed by atoms with van der Waals surface area (Å²) in [5.41, 5.74) is 1.18. The summed E-state index contributed by atoms with van der Waals surface area (Å²) in [6.07, 6.45) is 4.09. The van der Waals surface area contributed by atoms with Crippen molar-refractivity contribution in [2.45, 2.75) is 25.4 Å². The Hall–Kier alpha value is -2.15. The van der Waals surface area contributed by atoms with Gasteiger partial charge in [-0.1, -0.05) is 29.8 Å². The monoisotopic (exact) mass is 400 g/mol. The molecule has 2 N–H and O–H groups in total. The van der Waals surface area contributed by atoms with E-state index in [1.165, 1.54) is 23.3 Å². The van der Waals surface area contributed by atoms with E-state index in [2.05, 4.69) is 21.8 Å². The number of benzene rings is 1. The van der Waals surface area contributed by atoms with Gasteiger partial charge in [-0.2, -0.15) is 5.10 Å². The summed E-state index contributed by atoms with van der Waals surface area (Å²) in [6, 6.07) is 14.0. The molecule has 1 saturated carbocycles. The first-order chi connectivity index (χ1) is 13.2. The fraction of sp³-hybridized carbons (Fsp3) is 0.300. The van der Waals surface area contributed by atoms with E-state index >= 15 is 0 Å². The molecule has 0 radical (unpaired) electrons. The number of aromatic nitrogens is 2. The third-order valence-corrected chi connectivity index (χ3v) is 5.79. The molecule has 2 aromatic heterocycles. The largest absolute Gasteiger partial charge is 0.310 e. The van der Waals surface area contributed by atoms with Crippen LogP contribution in [0.15, 0.2) is 54.0 Å². The van der Waals surface area contributed by atoms with Gasteiger partial charge in [-0.3, -0.25) is 4.79 Å². The summed E-state index contributed by atoms with van der Waals surface area (Å²) < 4.78 is 1.81. The van der Waals surface area contributed by atoms with Crippen LogP contribution in [0.1, 0.15) is 29.3 Å². The first-order valence-electron chi connectivity index (χ1n) is 9.02. The highest BCUT2D eigenvalue weighted by Crippen LogP contribution is 2.41. The number of anilines is 1. The number of rotatable bonds is 8. The molecule has 1 aliphatic rings. The maximum absolute atomic E-state index is 12.5. The van der Waals surface area contributed by atoms with Crippen LogP contribution in [0.5, 0.6) is 0 Å². The predicted octanol–water partition coefficient (Wildman–Crippen LogP) is 4.33. The van der Waals surface area contributed by atoms with Crippen LogP contribution in [0, 0.1) is 5.92 Å². The van der Waals surface area contributed by atoms with Gasteiger partial charge >= 0.3 is 0 Å². The Morgan fingerprint density at radius 3 is 2.78 bits per heavy atom. The normalized spacial score (nSPS) is 14.9. The maximum Gasteiger partial charge on any atom is 0.239 e. The third-order valence-electron chi connectivity index (χ3n) is 4.67. The molecule has 0 bridgehead atoms. The van der Waals surface area contributed by atoms with Gasteiger partial charge in [-0.15, -0.1) is 11.3 Å². The Kier molecular flexibility index (Phi) is 5.57. The van der Waals surface area contributed by atoms with Crippen molar-refractivity contribution in [1.29, 1.82) is 0 Å². The summed E-state index contributed by atoms with van der Waals surface area (Å²) in [4.78, 5) is 13.7. The molecule has 1 atom stereocenters. The summed E-state index contributed by atoms with van der Waals surface area (Å²) >= 11 is 7.67. The lowest BCUT2D eigenvalue weighted by Gasteiger charge is -2.19. The Morgan fingerprint density at radius 2 is 2.07 bits per heavy atom. The predicted molar refractivity (Wildman–Crippen MR) is 109 cm³/mol. The first-order valence-corrected chi connectivity index (χ1v) is 10.3. The second kappa shape index (κ2) is 8.25. The second-order valence-electron chi connectivity index (χ2n) is 6.75. The number of halogens is 1. The molecule has 3 aromatic rings. The molecular formula is C20H21ClN4OS. The molecular weight excluding hydrogens is 380 g/mol. The number of nitrogens with zero attached hydrogens (tertiary/aromatic N) is 2. The van der Waals surface area contributed by atoms with E-state index in [0.29, 0.717) is 18.3 Å². The molecule has 1 aromatic carbocycles. The van der Waals surface area contributed by atoms with E-state index in [0.717, 1.165) is 5.02 Å². The van der Waals surface area contributed by atoms with Crippen LogP contribution in [-0.4, -0.2) is 22.2 Å². The van der Waals surface area contributed by atoms with Crippen molar-refractivity contribution < 1.29 is 4.79 Å². The highest BCUT2D eigenvalue weighted by Gasteiger charge is 2.32. The third kappa shape index (κ3) is 4.77. The molecule has 2 heterocycles. The molecule has 5 nitrogen and oxygen atoms in total. The van der Waals surface area contributed by atoms with Crippen LogP contribution >= 0.6 is 22.9 Å². The zero-order chi connectivity index (χ0) is 18.6. The second-order valence-corrected chi connectivity index (χ2v) is 8.22. The van der Waals surface area contributed by atoms with E-state index in [1.54, 1.807) is 22.2 Å². The van der Waals surface area contributed by atoms with Gasteiger partial charge in [0.15, 0.2) is 0 Å². The van der Waals surface area contributed by atoms with Gasteiger partial charge in [-0.25, -0.2) is 4.68 Å². The van der Waals surface area contributed by atoms with Crippen molar-refractivity contribution in [1.82, 2.24) is 15.1 Å². The molecule has 1 unspecified atom stereocenters. The summed E-state index contributed by atoms with van der Waals surface area (Å²) in [7, 11) is 0. The van der Waals surface area contributed by atoms with Crippen LogP contribution in [0.4, 0.5) is 5.82 Å². The molecule has 1 amide bonds. The van der Waals surface area contributed by atoms with Crippen LogP contribution < -0.4 is 10.6 Å². The van der Waals surface area contributed by atoms with Gasteiger partial charge in [0.2, 0.25) is 5.91 Å². The van der Waals surface area contributed by atoms with Gasteiger partial charge in [0.1, 0.15) is 5.82 Å². The van der Waals surface area contributed by atoms with Gasteiger partial charge < -0.3 is 10.6 Å². The molecule has 7 heteroatoms. The fourth-order valence-electron chi connectivity index (χ4n) is 3.16. The molecule has 1 fully saturated rings. The van der Waals surface area contributed by atoms with Crippen molar-refractivity contribution >= 4 is 34.7 Å². The van der Waals surface area contributed by atoms with Crippen molar-refractivity contribution in [3.8, 4) is 0 Å². The zero-order valence-corrected chi connectivity index (χ0v) is 16.3. The first kappa shape index (κ1) is 18.2. The average Bonchev–Trinajstić information content (AvgIpc) is 3.19. The standard InChI is InChI=1S/C20H21ClN4OS/c21-16-7-5-15(6-8-16)20(14-3-4-14)22-12-19(26)24-18-9-10-23-25(18)13-17-2-1-11-27-17/h1-2,5-11,14,20,22H,3-4,12-13H2,(H,24,26). The molecule has 0 saturated heterocycles. The molecule has 27 heavy (non-hydrogen) atoms. The smallest absolute Gasteiger partial charge is 0.239 e. The molecule has 140 valence electrons. The van der Waals surface area contributed by atoms with Gasteiger partial charge in [0, 0.05) is 22.0 Å².